The lowest BCUT2D eigenvalue weighted by atomic mass is 9.96. The van der Waals surface area contributed by atoms with E-state index in [1.54, 1.807) is 30.9 Å². The number of piperidine rings is 1. The van der Waals surface area contributed by atoms with Gasteiger partial charge in [-0.05, 0) is 36.5 Å². The van der Waals surface area contributed by atoms with Crippen molar-refractivity contribution >= 4 is 11.8 Å². The third kappa shape index (κ3) is 5.31. The van der Waals surface area contributed by atoms with E-state index in [9.17, 15) is 9.59 Å². The smallest absolute Gasteiger partial charge is 0.316 e. The van der Waals surface area contributed by atoms with Crippen LogP contribution in [0.3, 0.4) is 0 Å². The second-order valence-electron chi connectivity index (χ2n) is 8.07. The largest absolute Gasteiger partial charge is 0.463 e. The van der Waals surface area contributed by atoms with Crippen molar-refractivity contribution in [2.24, 2.45) is 11.8 Å². The minimum atomic E-state index is 0.152. The highest BCUT2D eigenvalue weighted by molar-refractivity contribution is 5.79. The maximum Gasteiger partial charge on any atom is 0.316 e. The summed E-state index contributed by atoms with van der Waals surface area (Å²) >= 11 is 0. The Hall–Kier alpha value is -3.03. The molecule has 0 spiro atoms. The lowest BCUT2D eigenvalue weighted by Gasteiger charge is -2.34. The molecule has 4 heterocycles. The van der Waals surface area contributed by atoms with Crippen LogP contribution in [0.1, 0.15) is 24.8 Å². The van der Waals surface area contributed by atoms with E-state index in [0.29, 0.717) is 37.9 Å². The number of hydrogen-bond acceptors (Lipinski definition) is 6. The topological polar surface area (TPSA) is 88.5 Å². The molecule has 8 nitrogen and oxygen atoms in total. The fourth-order valence-electron chi connectivity index (χ4n) is 4.16. The first-order valence-corrected chi connectivity index (χ1v) is 10.5. The lowest BCUT2D eigenvalue weighted by Crippen LogP contribution is -2.42. The van der Waals surface area contributed by atoms with Crippen molar-refractivity contribution in [2.75, 3.05) is 32.8 Å². The monoisotopic (exact) mass is 409 g/mol. The standard InChI is InChI=1S/C22H27N5O3/c28-20(11-18-3-1-6-23-13-18)26-9-4-17(5-10-26)14-27-15-19(12-21(27)29)16-30-22-24-7-2-8-25-22/h1-3,6-8,13,17,19H,4-5,9-12,14-16H2. The molecule has 1 atom stereocenters. The van der Waals surface area contributed by atoms with Crippen LogP contribution in [-0.4, -0.2) is 69.4 Å². The summed E-state index contributed by atoms with van der Waals surface area (Å²) < 4.78 is 5.62. The molecule has 2 aromatic heterocycles. The van der Waals surface area contributed by atoms with Crippen LogP contribution in [0, 0.1) is 11.8 Å². The highest BCUT2D eigenvalue weighted by atomic mass is 16.5. The number of aromatic nitrogens is 3. The predicted octanol–water partition coefficient (Wildman–Crippen LogP) is 1.58. The summed E-state index contributed by atoms with van der Waals surface area (Å²) in [6.07, 6.45) is 9.51. The number of nitrogens with zero attached hydrogens (tertiary/aromatic N) is 5. The Morgan fingerprint density at radius 1 is 1.10 bits per heavy atom. The first-order chi connectivity index (χ1) is 14.7. The molecule has 0 aromatic carbocycles. The predicted molar refractivity (Wildman–Crippen MR) is 109 cm³/mol. The Balaban J connectivity index is 1.19. The molecule has 158 valence electrons. The second kappa shape index (κ2) is 9.65. The van der Waals surface area contributed by atoms with Crippen LogP contribution < -0.4 is 4.74 Å². The van der Waals surface area contributed by atoms with Crippen LogP contribution in [-0.2, 0) is 16.0 Å². The van der Waals surface area contributed by atoms with E-state index < -0.39 is 0 Å². The van der Waals surface area contributed by atoms with Gasteiger partial charge >= 0.3 is 6.01 Å². The van der Waals surface area contributed by atoms with Crippen molar-refractivity contribution in [1.29, 1.82) is 0 Å². The molecule has 2 aliphatic rings. The molecule has 2 fully saturated rings. The third-order valence-electron chi connectivity index (χ3n) is 5.81. The van der Waals surface area contributed by atoms with Crippen LogP contribution in [0.5, 0.6) is 6.01 Å². The van der Waals surface area contributed by atoms with Crippen molar-refractivity contribution in [2.45, 2.75) is 25.7 Å². The fourth-order valence-corrected chi connectivity index (χ4v) is 4.16. The average molecular weight is 409 g/mol. The maximum atomic E-state index is 12.5. The van der Waals surface area contributed by atoms with Crippen molar-refractivity contribution < 1.29 is 14.3 Å². The zero-order valence-corrected chi connectivity index (χ0v) is 17.0. The quantitative estimate of drug-likeness (QED) is 0.690. The zero-order valence-electron chi connectivity index (χ0n) is 17.0. The van der Waals surface area contributed by atoms with E-state index in [0.717, 1.165) is 38.0 Å². The van der Waals surface area contributed by atoms with Crippen LogP contribution in [0.2, 0.25) is 0 Å². The van der Waals surface area contributed by atoms with Gasteiger partial charge in [-0.3, -0.25) is 14.6 Å². The highest BCUT2D eigenvalue weighted by Gasteiger charge is 2.33. The van der Waals surface area contributed by atoms with Crippen LogP contribution in [0.15, 0.2) is 43.0 Å². The number of carbonyl (C=O) groups is 2. The molecule has 0 radical (unpaired) electrons. The molecule has 2 aliphatic heterocycles. The average Bonchev–Trinajstić information content (AvgIpc) is 3.13. The van der Waals surface area contributed by atoms with Gasteiger partial charge in [0.25, 0.3) is 0 Å². The highest BCUT2D eigenvalue weighted by Crippen LogP contribution is 2.24. The molecular weight excluding hydrogens is 382 g/mol. The van der Waals surface area contributed by atoms with Gasteiger partial charge in [-0.2, -0.15) is 0 Å². The van der Waals surface area contributed by atoms with Crippen molar-refractivity contribution in [3.05, 3.63) is 48.5 Å². The van der Waals surface area contributed by atoms with Gasteiger partial charge < -0.3 is 14.5 Å². The Kier molecular flexibility index (Phi) is 6.51. The van der Waals surface area contributed by atoms with Crippen LogP contribution in [0.4, 0.5) is 0 Å². The minimum Gasteiger partial charge on any atom is -0.463 e. The molecule has 2 saturated heterocycles. The molecule has 30 heavy (non-hydrogen) atoms. The number of likely N-dealkylation sites (tertiary alicyclic amines) is 2. The normalized spacial score (nSPS) is 19.9. The number of hydrogen-bond donors (Lipinski definition) is 0. The summed E-state index contributed by atoms with van der Waals surface area (Å²) in [6, 6.07) is 5.88. The Morgan fingerprint density at radius 2 is 1.90 bits per heavy atom. The van der Waals surface area contributed by atoms with Crippen LogP contribution >= 0.6 is 0 Å². The third-order valence-corrected chi connectivity index (χ3v) is 5.81. The Morgan fingerprint density at radius 3 is 2.63 bits per heavy atom. The Labute approximate surface area is 176 Å². The molecular formula is C22H27N5O3. The van der Waals surface area contributed by atoms with Gasteiger partial charge in [-0.15, -0.1) is 0 Å². The van der Waals surface area contributed by atoms with E-state index in [4.69, 9.17) is 4.74 Å². The van der Waals surface area contributed by atoms with Gasteiger partial charge in [0.1, 0.15) is 0 Å². The SMILES string of the molecule is O=C(Cc1cccnc1)N1CCC(CN2CC(COc3ncccn3)CC2=O)CC1. The van der Waals surface area contributed by atoms with Gasteiger partial charge in [0.05, 0.1) is 13.0 Å². The molecule has 4 rings (SSSR count). The summed E-state index contributed by atoms with van der Waals surface area (Å²) in [5.74, 6) is 0.947. The van der Waals surface area contributed by atoms with Crippen LogP contribution in [0.25, 0.3) is 0 Å². The summed E-state index contributed by atoms with van der Waals surface area (Å²) in [6.45, 7) is 3.44. The molecule has 0 saturated carbocycles. The molecule has 8 heteroatoms. The number of ether oxygens (including phenoxy) is 1. The lowest BCUT2D eigenvalue weighted by molar-refractivity contribution is -0.133. The number of amides is 2. The van der Waals surface area contributed by atoms with E-state index >= 15 is 0 Å². The molecule has 1 unspecified atom stereocenters. The fraction of sp³-hybridized carbons (Fsp3) is 0.500. The minimum absolute atomic E-state index is 0.152. The molecule has 0 bridgehead atoms. The second-order valence-corrected chi connectivity index (χ2v) is 8.07. The number of carbonyl (C=O) groups excluding carboxylic acids is 2. The first kappa shape index (κ1) is 20.3. The van der Waals surface area contributed by atoms with Gasteiger partial charge in [0.2, 0.25) is 11.8 Å². The maximum absolute atomic E-state index is 12.5. The molecule has 2 amide bonds. The summed E-state index contributed by atoms with van der Waals surface area (Å²) in [7, 11) is 0. The first-order valence-electron chi connectivity index (χ1n) is 10.5. The Bertz CT molecular complexity index is 840. The van der Waals surface area contributed by atoms with Crippen molar-refractivity contribution in [1.82, 2.24) is 24.8 Å². The zero-order chi connectivity index (χ0) is 20.8. The van der Waals surface area contributed by atoms with E-state index in [1.165, 1.54) is 0 Å². The van der Waals surface area contributed by atoms with Gasteiger partial charge in [-0.25, -0.2) is 9.97 Å². The van der Waals surface area contributed by atoms with Crippen molar-refractivity contribution in [3.63, 3.8) is 0 Å². The molecule has 2 aromatic rings. The van der Waals surface area contributed by atoms with E-state index in [1.807, 2.05) is 21.9 Å². The van der Waals surface area contributed by atoms with Gasteiger partial charge in [0.15, 0.2) is 0 Å². The number of rotatable bonds is 7. The van der Waals surface area contributed by atoms with E-state index in [-0.39, 0.29) is 17.7 Å². The van der Waals surface area contributed by atoms with Crippen molar-refractivity contribution in [3.8, 4) is 6.01 Å². The summed E-state index contributed by atoms with van der Waals surface area (Å²) in [4.78, 5) is 41.0. The molecule has 0 N–H and O–H groups in total. The van der Waals surface area contributed by atoms with Gasteiger partial charge in [-0.1, -0.05) is 6.07 Å². The summed E-state index contributed by atoms with van der Waals surface area (Å²) in [5.41, 5.74) is 0.946. The van der Waals surface area contributed by atoms with E-state index in [2.05, 4.69) is 15.0 Å². The van der Waals surface area contributed by atoms with Gasteiger partial charge in [0, 0.05) is 63.3 Å². The number of pyridine rings is 1. The summed E-state index contributed by atoms with van der Waals surface area (Å²) in [5, 5.41) is 0. The molecule has 0 aliphatic carbocycles.